The van der Waals surface area contributed by atoms with Gasteiger partial charge in [0.1, 0.15) is 5.82 Å². The smallest absolute Gasteiger partial charge is 0.379 e. The molecular formula is C27H32F4N4O2. The number of para-hydroxylation sites is 1. The lowest BCUT2D eigenvalue weighted by molar-refractivity contribution is -0.137. The molecule has 0 bridgehead atoms. The summed E-state index contributed by atoms with van der Waals surface area (Å²) in [5.74, 6) is -1.05. The Morgan fingerprint density at radius 1 is 1.03 bits per heavy atom. The van der Waals surface area contributed by atoms with Gasteiger partial charge in [-0.3, -0.25) is 9.69 Å². The van der Waals surface area contributed by atoms with E-state index in [9.17, 15) is 22.4 Å². The second-order valence-electron chi connectivity index (χ2n) is 9.91. The van der Waals surface area contributed by atoms with Gasteiger partial charge in [-0.05, 0) is 55.3 Å². The van der Waals surface area contributed by atoms with Crippen molar-refractivity contribution in [3.8, 4) is 0 Å². The summed E-state index contributed by atoms with van der Waals surface area (Å²) in [5.41, 5.74) is 1.02. The Labute approximate surface area is 214 Å². The van der Waals surface area contributed by atoms with Crippen LogP contribution in [0, 0.1) is 11.7 Å². The van der Waals surface area contributed by atoms with Crippen LogP contribution in [-0.2, 0) is 22.1 Å². The number of hydrogen-bond donors (Lipinski definition) is 1. The Hall–Kier alpha value is -2.85. The molecule has 0 saturated carbocycles. The van der Waals surface area contributed by atoms with E-state index in [-0.39, 0.29) is 24.2 Å². The van der Waals surface area contributed by atoms with Crippen LogP contribution in [0.4, 0.5) is 28.9 Å². The molecule has 5 rings (SSSR count). The molecule has 2 aromatic rings. The number of nitrogens with one attached hydrogen (secondary N) is 1. The van der Waals surface area contributed by atoms with Crippen LogP contribution in [0.5, 0.6) is 0 Å². The number of benzene rings is 2. The van der Waals surface area contributed by atoms with E-state index in [1.165, 1.54) is 18.2 Å². The van der Waals surface area contributed by atoms with Crippen molar-refractivity contribution in [2.75, 3.05) is 68.8 Å². The highest BCUT2D eigenvalue weighted by molar-refractivity contribution is 5.82. The molecule has 2 aromatic carbocycles. The number of rotatable bonds is 6. The molecule has 3 aliphatic heterocycles. The first-order chi connectivity index (χ1) is 17.8. The Morgan fingerprint density at radius 2 is 1.81 bits per heavy atom. The average Bonchev–Trinajstić information content (AvgIpc) is 2.90. The fourth-order valence-electron chi connectivity index (χ4n) is 5.70. The summed E-state index contributed by atoms with van der Waals surface area (Å²) in [7, 11) is 0. The maximum atomic E-state index is 14.6. The van der Waals surface area contributed by atoms with Crippen LogP contribution in [0.15, 0.2) is 42.5 Å². The fourth-order valence-corrected chi connectivity index (χ4v) is 5.70. The van der Waals surface area contributed by atoms with Crippen molar-refractivity contribution in [1.29, 1.82) is 0 Å². The molecule has 37 heavy (non-hydrogen) atoms. The molecule has 0 aromatic heterocycles. The van der Waals surface area contributed by atoms with Gasteiger partial charge >= 0.3 is 6.18 Å². The molecule has 1 N–H and O–H groups in total. The van der Waals surface area contributed by atoms with Gasteiger partial charge in [0.05, 0.1) is 36.4 Å². The summed E-state index contributed by atoms with van der Waals surface area (Å²) in [4.78, 5) is 19.7. The molecule has 200 valence electrons. The summed E-state index contributed by atoms with van der Waals surface area (Å²) in [5, 5.41) is 3.03. The number of fused-ring (bicyclic) bond motifs is 3. The first-order valence-corrected chi connectivity index (χ1v) is 12.9. The minimum atomic E-state index is -4.45. The van der Waals surface area contributed by atoms with Crippen LogP contribution >= 0.6 is 0 Å². The molecule has 10 heteroatoms. The number of carbonyl (C=O) groups excluding carboxylic acids is 1. The quantitative estimate of drug-likeness (QED) is 0.467. The SMILES string of the molecule is O=C(NCCCN1CCOCC1)[C@H]1Cc2cc(C(F)(F)F)ccc2N2CCN(c3ccccc3F)C[C@H]12. The molecule has 0 aliphatic carbocycles. The number of anilines is 2. The lowest BCUT2D eigenvalue weighted by Crippen LogP contribution is -2.61. The van der Waals surface area contributed by atoms with Gasteiger partial charge in [0, 0.05) is 45.0 Å². The van der Waals surface area contributed by atoms with Crippen molar-refractivity contribution in [2.45, 2.75) is 25.1 Å². The number of morpholine rings is 1. The van der Waals surface area contributed by atoms with Crippen molar-refractivity contribution in [2.24, 2.45) is 5.92 Å². The molecule has 0 radical (unpaired) electrons. The third-order valence-electron chi connectivity index (χ3n) is 7.62. The third-order valence-corrected chi connectivity index (χ3v) is 7.62. The second-order valence-corrected chi connectivity index (χ2v) is 9.91. The van der Waals surface area contributed by atoms with Crippen LogP contribution in [-0.4, -0.2) is 75.9 Å². The maximum absolute atomic E-state index is 14.6. The number of ether oxygens (including phenoxy) is 1. The van der Waals surface area contributed by atoms with Crippen molar-refractivity contribution < 1.29 is 27.1 Å². The van der Waals surface area contributed by atoms with Crippen molar-refractivity contribution in [3.05, 3.63) is 59.4 Å². The zero-order valence-electron chi connectivity index (χ0n) is 20.6. The lowest BCUT2D eigenvalue weighted by atomic mass is 9.82. The van der Waals surface area contributed by atoms with Crippen molar-refractivity contribution in [3.63, 3.8) is 0 Å². The van der Waals surface area contributed by atoms with E-state index in [0.717, 1.165) is 37.8 Å². The van der Waals surface area contributed by atoms with E-state index in [0.29, 0.717) is 50.6 Å². The van der Waals surface area contributed by atoms with Crippen LogP contribution < -0.4 is 15.1 Å². The number of halogens is 4. The molecule has 2 fully saturated rings. The zero-order valence-corrected chi connectivity index (χ0v) is 20.6. The summed E-state index contributed by atoms with van der Waals surface area (Å²) < 4.78 is 60.2. The molecular weight excluding hydrogens is 488 g/mol. The molecule has 3 heterocycles. The second kappa shape index (κ2) is 10.9. The number of hydrogen-bond acceptors (Lipinski definition) is 5. The number of nitrogens with zero attached hydrogens (tertiary/aromatic N) is 3. The number of amides is 1. The van der Waals surface area contributed by atoms with Gasteiger partial charge in [-0.25, -0.2) is 4.39 Å². The van der Waals surface area contributed by atoms with Gasteiger partial charge in [-0.1, -0.05) is 12.1 Å². The van der Waals surface area contributed by atoms with Gasteiger partial charge in [0.15, 0.2) is 0 Å². The van der Waals surface area contributed by atoms with Crippen LogP contribution in [0.2, 0.25) is 0 Å². The van der Waals surface area contributed by atoms with Crippen LogP contribution in [0.25, 0.3) is 0 Å². The van der Waals surface area contributed by atoms with Crippen LogP contribution in [0.3, 0.4) is 0 Å². The Kier molecular flexibility index (Phi) is 7.57. The first-order valence-electron chi connectivity index (χ1n) is 12.9. The Bertz CT molecular complexity index is 1110. The molecule has 1 amide bonds. The Balaban J connectivity index is 1.34. The minimum Gasteiger partial charge on any atom is -0.379 e. The normalized spacial score (nSPS) is 22.4. The highest BCUT2D eigenvalue weighted by Gasteiger charge is 2.43. The highest BCUT2D eigenvalue weighted by atomic mass is 19.4. The third kappa shape index (κ3) is 5.70. The van der Waals surface area contributed by atoms with Gasteiger partial charge in [0.25, 0.3) is 0 Å². The fraction of sp³-hybridized carbons (Fsp3) is 0.519. The van der Waals surface area contributed by atoms with Crippen molar-refractivity contribution in [1.82, 2.24) is 10.2 Å². The maximum Gasteiger partial charge on any atom is 0.416 e. The first kappa shape index (κ1) is 25.8. The van der Waals surface area contributed by atoms with E-state index in [2.05, 4.69) is 10.2 Å². The monoisotopic (exact) mass is 520 g/mol. The molecule has 0 unspecified atom stereocenters. The Morgan fingerprint density at radius 3 is 2.57 bits per heavy atom. The van der Waals surface area contributed by atoms with Crippen molar-refractivity contribution >= 4 is 17.3 Å². The van der Waals surface area contributed by atoms with E-state index < -0.39 is 17.7 Å². The predicted molar refractivity (Wildman–Crippen MR) is 133 cm³/mol. The molecule has 3 aliphatic rings. The molecule has 2 atom stereocenters. The minimum absolute atomic E-state index is 0.171. The van der Waals surface area contributed by atoms with E-state index in [4.69, 9.17) is 4.74 Å². The highest BCUT2D eigenvalue weighted by Crippen LogP contribution is 2.40. The number of carbonyl (C=O) groups is 1. The topological polar surface area (TPSA) is 48.1 Å². The lowest BCUT2D eigenvalue weighted by Gasteiger charge is -2.49. The predicted octanol–water partition coefficient (Wildman–Crippen LogP) is 3.55. The van der Waals surface area contributed by atoms with E-state index >= 15 is 0 Å². The molecule has 2 saturated heterocycles. The summed E-state index contributed by atoms with van der Waals surface area (Å²) >= 11 is 0. The van der Waals surface area contributed by atoms with E-state index in [1.54, 1.807) is 18.2 Å². The average molecular weight is 521 g/mol. The van der Waals surface area contributed by atoms with Gasteiger partial charge in [0.2, 0.25) is 5.91 Å². The molecule has 0 spiro atoms. The van der Waals surface area contributed by atoms with Gasteiger partial charge < -0.3 is 19.9 Å². The van der Waals surface area contributed by atoms with Crippen LogP contribution in [0.1, 0.15) is 17.5 Å². The standard InChI is InChI=1S/C27H32F4N4O2/c28-22-4-1-2-5-24(22)34-10-11-35-23-7-6-20(27(29,30)31)16-19(23)17-21(25(35)18-34)26(36)32-8-3-9-33-12-14-37-15-13-33/h1-2,4-7,16,21,25H,3,8-15,17-18H2,(H,32,36)/t21-,25+/m0/s1. The zero-order chi connectivity index (χ0) is 26.0. The van der Waals surface area contributed by atoms with Gasteiger partial charge in [-0.2, -0.15) is 13.2 Å². The number of piperazine rings is 1. The number of alkyl halides is 3. The summed E-state index contributed by atoms with van der Waals surface area (Å²) in [6, 6.07) is 10.1. The largest absolute Gasteiger partial charge is 0.416 e. The molecule has 6 nitrogen and oxygen atoms in total. The van der Waals surface area contributed by atoms with Gasteiger partial charge in [-0.15, -0.1) is 0 Å². The summed E-state index contributed by atoms with van der Waals surface area (Å²) in [6.07, 6.45) is -3.46. The summed E-state index contributed by atoms with van der Waals surface area (Å²) in [6.45, 7) is 5.91. The van der Waals surface area contributed by atoms with E-state index in [1.807, 2.05) is 9.80 Å².